The van der Waals surface area contributed by atoms with E-state index in [4.69, 9.17) is 4.74 Å². The highest BCUT2D eigenvalue weighted by atomic mass is 16.5. The Morgan fingerprint density at radius 1 is 1.29 bits per heavy atom. The summed E-state index contributed by atoms with van der Waals surface area (Å²) in [6, 6.07) is 11.1. The van der Waals surface area contributed by atoms with E-state index >= 15 is 0 Å². The summed E-state index contributed by atoms with van der Waals surface area (Å²) >= 11 is 0. The minimum Gasteiger partial charge on any atom is -0.496 e. The first-order valence-corrected chi connectivity index (χ1v) is 9.46. The van der Waals surface area contributed by atoms with Crippen LogP contribution in [0.1, 0.15) is 17.5 Å². The molecule has 1 aliphatic heterocycles. The Hall–Kier alpha value is -2.93. The maximum absolute atomic E-state index is 12.4. The van der Waals surface area contributed by atoms with Crippen molar-refractivity contribution >= 4 is 11.8 Å². The zero-order chi connectivity index (χ0) is 19.8. The lowest BCUT2D eigenvalue weighted by Gasteiger charge is -2.35. The molecular weight excluding hydrogens is 356 g/mol. The molecular formula is C21H26N4O3. The molecule has 7 nitrogen and oxygen atoms in total. The molecule has 3 rings (SSSR count). The van der Waals surface area contributed by atoms with Crippen LogP contribution in [0.5, 0.6) is 5.75 Å². The van der Waals surface area contributed by atoms with Crippen LogP contribution in [0.15, 0.2) is 48.8 Å². The van der Waals surface area contributed by atoms with Gasteiger partial charge in [0.15, 0.2) is 0 Å². The van der Waals surface area contributed by atoms with Crippen molar-refractivity contribution in [2.45, 2.75) is 25.4 Å². The van der Waals surface area contributed by atoms with E-state index in [2.05, 4.69) is 15.6 Å². The van der Waals surface area contributed by atoms with Gasteiger partial charge < -0.3 is 15.4 Å². The number of aromatic nitrogens is 1. The van der Waals surface area contributed by atoms with Crippen LogP contribution in [-0.4, -0.2) is 54.5 Å². The SMILES string of the molecule is COc1ccccc1CN1CCNC(=O)[C@@H]1CC(=O)NCCc1ccncc1. The van der Waals surface area contributed by atoms with Gasteiger partial charge in [0.1, 0.15) is 5.75 Å². The second kappa shape index (κ2) is 9.85. The molecule has 1 aromatic carbocycles. The molecule has 0 bridgehead atoms. The monoisotopic (exact) mass is 382 g/mol. The number of ether oxygens (including phenoxy) is 1. The Kier molecular flexibility index (Phi) is 6.97. The van der Waals surface area contributed by atoms with Crippen LogP contribution in [0.3, 0.4) is 0 Å². The standard InChI is InChI=1S/C21H26N4O3/c1-28-19-5-3-2-4-17(19)15-25-13-12-24-21(27)18(25)14-20(26)23-11-8-16-6-9-22-10-7-16/h2-7,9-10,18H,8,11-15H2,1H3,(H,23,26)(H,24,27)/t18-/m0/s1. The van der Waals surface area contributed by atoms with E-state index in [0.29, 0.717) is 26.2 Å². The average Bonchev–Trinajstić information content (AvgIpc) is 2.72. The van der Waals surface area contributed by atoms with Crippen LogP contribution in [-0.2, 0) is 22.6 Å². The summed E-state index contributed by atoms with van der Waals surface area (Å²) in [4.78, 5) is 30.8. The van der Waals surface area contributed by atoms with Gasteiger partial charge >= 0.3 is 0 Å². The van der Waals surface area contributed by atoms with E-state index in [1.165, 1.54) is 0 Å². The molecule has 28 heavy (non-hydrogen) atoms. The fourth-order valence-corrected chi connectivity index (χ4v) is 3.37. The van der Waals surface area contributed by atoms with Gasteiger partial charge in [-0.2, -0.15) is 0 Å². The zero-order valence-electron chi connectivity index (χ0n) is 16.1. The first-order valence-electron chi connectivity index (χ1n) is 9.46. The summed E-state index contributed by atoms with van der Waals surface area (Å²) in [5, 5.41) is 5.78. The first kappa shape index (κ1) is 19.8. The molecule has 2 aromatic rings. The highest BCUT2D eigenvalue weighted by Crippen LogP contribution is 2.21. The third-order valence-corrected chi connectivity index (χ3v) is 4.87. The summed E-state index contributed by atoms with van der Waals surface area (Å²) in [6.07, 6.45) is 4.34. The van der Waals surface area contributed by atoms with Gasteiger partial charge in [0.25, 0.3) is 0 Å². The van der Waals surface area contributed by atoms with Crippen LogP contribution in [0.4, 0.5) is 0 Å². The number of piperazine rings is 1. The quantitative estimate of drug-likeness (QED) is 0.715. The van der Waals surface area contributed by atoms with E-state index in [9.17, 15) is 9.59 Å². The number of rotatable bonds is 8. The number of carbonyl (C=O) groups excluding carboxylic acids is 2. The van der Waals surface area contributed by atoms with Crippen molar-refractivity contribution in [3.05, 3.63) is 59.9 Å². The van der Waals surface area contributed by atoms with Crippen LogP contribution >= 0.6 is 0 Å². The molecule has 0 unspecified atom stereocenters. The van der Waals surface area contributed by atoms with Crippen LogP contribution in [0.25, 0.3) is 0 Å². The molecule has 1 atom stereocenters. The Morgan fingerprint density at radius 2 is 2.07 bits per heavy atom. The molecule has 0 saturated carbocycles. The molecule has 148 valence electrons. The van der Waals surface area contributed by atoms with Crippen LogP contribution in [0, 0.1) is 0 Å². The number of hydrogen-bond donors (Lipinski definition) is 2. The number of para-hydroxylation sites is 1. The summed E-state index contributed by atoms with van der Waals surface area (Å²) < 4.78 is 5.41. The number of benzene rings is 1. The maximum Gasteiger partial charge on any atom is 0.237 e. The lowest BCUT2D eigenvalue weighted by atomic mass is 10.1. The van der Waals surface area contributed by atoms with E-state index in [1.807, 2.05) is 41.3 Å². The number of carbonyl (C=O) groups is 2. The number of pyridine rings is 1. The van der Waals surface area contributed by atoms with Crippen molar-refractivity contribution in [2.75, 3.05) is 26.7 Å². The Morgan fingerprint density at radius 3 is 2.86 bits per heavy atom. The van der Waals surface area contributed by atoms with E-state index in [1.54, 1.807) is 19.5 Å². The highest BCUT2D eigenvalue weighted by molar-refractivity contribution is 5.88. The molecule has 7 heteroatoms. The van der Waals surface area contributed by atoms with E-state index < -0.39 is 6.04 Å². The largest absolute Gasteiger partial charge is 0.496 e. The van der Waals surface area contributed by atoms with Crippen LogP contribution in [0.2, 0.25) is 0 Å². The molecule has 1 aromatic heterocycles. The van der Waals surface area contributed by atoms with E-state index in [-0.39, 0.29) is 18.2 Å². The second-order valence-electron chi connectivity index (χ2n) is 6.75. The summed E-state index contributed by atoms with van der Waals surface area (Å²) in [6.45, 7) is 2.36. The molecule has 2 N–H and O–H groups in total. The first-order chi connectivity index (χ1) is 13.7. The minimum absolute atomic E-state index is 0.106. The Bertz CT molecular complexity index is 797. The summed E-state index contributed by atoms with van der Waals surface area (Å²) in [5.74, 6) is 0.556. The number of nitrogens with zero attached hydrogens (tertiary/aromatic N) is 2. The Labute approximate surface area is 165 Å². The minimum atomic E-state index is -0.486. The van der Waals surface area contributed by atoms with Crippen molar-refractivity contribution in [3.63, 3.8) is 0 Å². The van der Waals surface area contributed by atoms with Gasteiger partial charge in [-0.25, -0.2) is 0 Å². The van der Waals surface area contributed by atoms with Gasteiger partial charge in [0.05, 0.1) is 19.6 Å². The van der Waals surface area contributed by atoms with Crippen molar-refractivity contribution in [1.82, 2.24) is 20.5 Å². The number of hydrogen-bond acceptors (Lipinski definition) is 5. The topological polar surface area (TPSA) is 83.6 Å². The van der Waals surface area contributed by atoms with Gasteiger partial charge in [-0.3, -0.25) is 19.5 Å². The average molecular weight is 382 g/mol. The molecule has 0 aliphatic carbocycles. The number of methoxy groups -OCH3 is 1. The molecule has 2 heterocycles. The maximum atomic E-state index is 12.4. The lowest BCUT2D eigenvalue weighted by Crippen LogP contribution is -2.56. The van der Waals surface area contributed by atoms with Gasteiger partial charge in [0, 0.05) is 44.1 Å². The predicted octanol–water partition coefficient (Wildman–Crippen LogP) is 1.14. The molecule has 0 radical (unpaired) electrons. The third kappa shape index (κ3) is 5.29. The molecule has 2 amide bonds. The van der Waals surface area contributed by atoms with Crippen molar-refractivity contribution in [3.8, 4) is 5.75 Å². The van der Waals surface area contributed by atoms with Crippen molar-refractivity contribution < 1.29 is 14.3 Å². The van der Waals surface area contributed by atoms with Gasteiger partial charge in [0.2, 0.25) is 11.8 Å². The van der Waals surface area contributed by atoms with Gasteiger partial charge in [-0.05, 0) is 30.2 Å². The van der Waals surface area contributed by atoms with Crippen molar-refractivity contribution in [1.29, 1.82) is 0 Å². The molecule has 1 aliphatic rings. The zero-order valence-corrected chi connectivity index (χ0v) is 16.1. The van der Waals surface area contributed by atoms with Gasteiger partial charge in [-0.15, -0.1) is 0 Å². The van der Waals surface area contributed by atoms with Gasteiger partial charge in [-0.1, -0.05) is 18.2 Å². The normalized spacial score (nSPS) is 17.0. The summed E-state index contributed by atoms with van der Waals surface area (Å²) in [7, 11) is 1.63. The van der Waals surface area contributed by atoms with E-state index in [0.717, 1.165) is 23.3 Å². The lowest BCUT2D eigenvalue weighted by molar-refractivity contribution is -0.134. The fourth-order valence-electron chi connectivity index (χ4n) is 3.37. The van der Waals surface area contributed by atoms with Crippen molar-refractivity contribution in [2.24, 2.45) is 0 Å². The molecule has 0 spiro atoms. The number of amides is 2. The Balaban J connectivity index is 1.57. The molecule has 1 fully saturated rings. The highest BCUT2D eigenvalue weighted by Gasteiger charge is 2.31. The second-order valence-corrected chi connectivity index (χ2v) is 6.75. The molecule has 1 saturated heterocycles. The predicted molar refractivity (Wildman–Crippen MR) is 106 cm³/mol. The fraction of sp³-hybridized carbons (Fsp3) is 0.381. The number of nitrogens with one attached hydrogen (secondary N) is 2. The van der Waals surface area contributed by atoms with Crippen LogP contribution < -0.4 is 15.4 Å². The third-order valence-electron chi connectivity index (χ3n) is 4.87. The summed E-state index contributed by atoms with van der Waals surface area (Å²) in [5.41, 5.74) is 2.12. The smallest absolute Gasteiger partial charge is 0.237 e.